The molecule has 2 heteroatoms. The number of benzene rings is 6. The molecule has 206 valence electrons. The van der Waals surface area contributed by atoms with Gasteiger partial charge in [0, 0.05) is 39.1 Å². The zero-order chi connectivity index (χ0) is 29.2. The van der Waals surface area contributed by atoms with E-state index in [4.69, 9.17) is 0 Å². The first-order valence-electron chi connectivity index (χ1n) is 14.7. The summed E-state index contributed by atoms with van der Waals surface area (Å²) in [4.78, 5) is 2.30. The van der Waals surface area contributed by atoms with Crippen molar-refractivity contribution in [3.8, 4) is 5.69 Å². The molecule has 0 aliphatic carbocycles. The largest absolute Gasteiger partial charge is 0.311 e. The highest BCUT2D eigenvalue weighted by molar-refractivity contribution is 6.19. The zero-order valence-corrected chi connectivity index (χ0v) is 24.2. The van der Waals surface area contributed by atoms with Crippen LogP contribution >= 0.6 is 0 Å². The van der Waals surface area contributed by atoms with Crippen molar-refractivity contribution in [3.63, 3.8) is 0 Å². The van der Waals surface area contributed by atoms with Crippen molar-refractivity contribution >= 4 is 55.2 Å². The van der Waals surface area contributed by atoms with Crippen LogP contribution in [0.4, 0.5) is 17.1 Å². The molecule has 0 spiro atoms. The van der Waals surface area contributed by atoms with Gasteiger partial charge in [0.15, 0.2) is 0 Å². The molecule has 0 atom stereocenters. The summed E-state index contributed by atoms with van der Waals surface area (Å²) in [7, 11) is 0. The predicted molar refractivity (Wildman–Crippen MR) is 186 cm³/mol. The fraction of sp³-hybridized carbons (Fsp3) is 0.0244. The number of para-hydroxylation sites is 3. The van der Waals surface area contributed by atoms with Crippen LogP contribution in [-0.4, -0.2) is 4.57 Å². The van der Waals surface area contributed by atoms with Gasteiger partial charge in [-0.05, 0) is 83.9 Å². The van der Waals surface area contributed by atoms with Gasteiger partial charge in [0.1, 0.15) is 0 Å². The van der Waals surface area contributed by atoms with Gasteiger partial charge >= 0.3 is 0 Å². The number of hydrogen-bond donors (Lipinski definition) is 0. The Balaban J connectivity index is 1.51. The third kappa shape index (κ3) is 4.64. The summed E-state index contributed by atoms with van der Waals surface area (Å²) in [6.45, 7) is 6.11. The van der Waals surface area contributed by atoms with Crippen molar-refractivity contribution in [2.24, 2.45) is 0 Å². The van der Waals surface area contributed by atoms with E-state index < -0.39 is 0 Å². The second kappa shape index (κ2) is 11.3. The van der Waals surface area contributed by atoms with E-state index in [9.17, 15) is 0 Å². The molecule has 43 heavy (non-hydrogen) atoms. The van der Waals surface area contributed by atoms with Crippen LogP contribution in [0.1, 0.15) is 12.5 Å². The van der Waals surface area contributed by atoms with E-state index in [0.717, 1.165) is 28.3 Å². The Labute approximate surface area is 252 Å². The topological polar surface area (TPSA) is 8.17 Å². The molecule has 0 saturated carbocycles. The van der Waals surface area contributed by atoms with E-state index >= 15 is 0 Å². The number of allylic oxidation sites excluding steroid dienone is 5. The van der Waals surface area contributed by atoms with Crippen LogP contribution in [0.15, 0.2) is 170 Å². The fourth-order valence-electron chi connectivity index (χ4n) is 6.23. The number of fused-ring (bicyclic) bond motifs is 4. The molecule has 0 radical (unpaired) electrons. The van der Waals surface area contributed by atoms with Crippen LogP contribution < -0.4 is 4.90 Å². The molecule has 0 aliphatic heterocycles. The molecule has 1 aromatic heterocycles. The summed E-state index contributed by atoms with van der Waals surface area (Å²) in [6, 6.07) is 49.8. The molecule has 0 bridgehead atoms. The minimum atomic E-state index is 1.11. The van der Waals surface area contributed by atoms with Gasteiger partial charge in [-0.15, -0.1) is 0 Å². The van der Waals surface area contributed by atoms with Crippen molar-refractivity contribution in [1.29, 1.82) is 0 Å². The maximum Gasteiger partial charge on any atom is 0.0625 e. The second-order valence-electron chi connectivity index (χ2n) is 10.6. The van der Waals surface area contributed by atoms with Crippen LogP contribution in [-0.2, 0) is 0 Å². The third-order valence-corrected chi connectivity index (χ3v) is 8.01. The first-order valence-corrected chi connectivity index (χ1v) is 14.7. The molecular weight excluding hydrogens is 520 g/mol. The van der Waals surface area contributed by atoms with Crippen molar-refractivity contribution in [1.82, 2.24) is 4.57 Å². The molecule has 1 heterocycles. The highest BCUT2D eigenvalue weighted by Crippen LogP contribution is 2.42. The molecule has 6 aromatic carbocycles. The van der Waals surface area contributed by atoms with Gasteiger partial charge in [-0.2, -0.15) is 0 Å². The van der Waals surface area contributed by atoms with Gasteiger partial charge in [-0.25, -0.2) is 0 Å². The monoisotopic (exact) mass is 552 g/mol. The lowest BCUT2D eigenvalue weighted by atomic mass is 9.94. The molecule has 7 rings (SSSR count). The van der Waals surface area contributed by atoms with E-state index in [1.54, 1.807) is 0 Å². The number of nitrogens with zero attached hydrogens (tertiary/aromatic N) is 2. The van der Waals surface area contributed by atoms with Crippen molar-refractivity contribution in [2.45, 2.75) is 6.92 Å². The highest BCUT2D eigenvalue weighted by Gasteiger charge is 2.20. The maximum atomic E-state index is 4.05. The Kier molecular flexibility index (Phi) is 6.94. The molecule has 0 saturated heterocycles. The first-order chi connectivity index (χ1) is 21.3. The van der Waals surface area contributed by atoms with Gasteiger partial charge < -0.3 is 9.47 Å². The Morgan fingerprint density at radius 2 is 1.21 bits per heavy atom. The minimum Gasteiger partial charge on any atom is -0.311 e. The van der Waals surface area contributed by atoms with E-state index in [1.165, 1.54) is 38.1 Å². The maximum absolute atomic E-state index is 4.05. The number of aromatic nitrogens is 1. The normalized spacial score (nSPS) is 12.0. The van der Waals surface area contributed by atoms with Crippen LogP contribution in [0.5, 0.6) is 0 Å². The molecular formula is C41H32N2. The van der Waals surface area contributed by atoms with Crippen LogP contribution in [0.25, 0.3) is 43.8 Å². The van der Waals surface area contributed by atoms with E-state index in [1.807, 2.05) is 6.08 Å². The molecule has 0 N–H and O–H groups in total. The lowest BCUT2D eigenvalue weighted by Gasteiger charge is -2.25. The van der Waals surface area contributed by atoms with Crippen molar-refractivity contribution in [3.05, 3.63) is 176 Å². The second-order valence-corrected chi connectivity index (χ2v) is 10.6. The third-order valence-electron chi connectivity index (χ3n) is 8.01. The smallest absolute Gasteiger partial charge is 0.0625 e. The Morgan fingerprint density at radius 3 is 1.86 bits per heavy atom. The van der Waals surface area contributed by atoms with Crippen LogP contribution in [0, 0.1) is 0 Å². The SMILES string of the molecule is C=C/C=C(\C=C/C)c1c2ccccc2cc2c3ccccc3n(-c3ccc(N(c4ccccc4)c4ccccc4)cc3)c12. The summed E-state index contributed by atoms with van der Waals surface area (Å²) in [5, 5.41) is 4.93. The number of hydrogen-bond acceptors (Lipinski definition) is 1. The summed E-state index contributed by atoms with van der Waals surface area (Å²) >= 11 is 0. The lowest BCUT2D eigenvalue weighted by Crippen LogP contribution is -2.09. The van der Waals surface area contributed by atoms with Gasteiger partial charge in [-0.3, -0.25) is 0 Å². The standard InChI is InChI=1S/C41H32N2/c1-3-15-30(16-4-2)40-36-22-12-11-17-31(36)29-38-37-23-13-14-24-39(37)43(41(38)40)35-27-25-34(26-28-35)42(32-18-7-5-8-19-32)33-20-9-6-10-21-33/h3-29H,1H2,2H3/b16-4-,30-15+. The molecule has 0 aliphatic rings. The van der Waals surface area contributed by atoms with E-state index in [-0.39, 0.29) is 0 Å². The summed E-state index contributed by atoms with van der Waals surface area (Å²) < 4.78 is 2.42. The molecule has 0 amide bonds. The lowest BCUT2D eigenvalue weighted by molar-refractivity contribution is 1.17. The first kappa shape index (κ1) is 26.3. The Bertz CT molecular complexity index is 2090. The number of rotatable bonds is 7. The minimum absolute atomic E-state index is 1.11. The fourth-order valence-corrected chi connectivity index (χ4v) is 6.23. The highest BCUT2D eigenvalue weighted by atomic mass is 15.1. The number of anilines is 3. The Hall–Kier alpha value is -5.60. The predicted octanol–water partition coefficient (Wildman–Crippen LogP) is 11.6. The molecule has 0 fully saturated rings. The summed E-state index contributed by atoms with van der Waals surface area (Å²) in [5.41, 5.74) is 9.20. The van der Waals surface area contributed by atoms with Crippen molar-refractivity contribution in [2.75, 3.05) is 4.90 Å². The molecule has 7 aromatic rings. The van der Waals surface area contributed by atoms with Gasteiger partial charge in [-0.1, -0.05) is 110 Å². The van der Waals surface area contributed by atoms with Crippen LogP contribution in [0.2, 0.25) is 0 Å². The van der Waals surface area contributed by atoms with E-state index in [2.05, 4.69) is 181 Å². The van der Waals surface area contributed by atoms with Crippen molar-refractivity contribution < 1.29 is 0 Å². The zero-order valence-electron chi connectivity index (χ0n) is 24.2. The van der Waals surface area contributed by atoms with Gasteiger partial charge in [0.2, 0.25) is 0 Å². The summed E-state index contributed by atoms with van der Waals surface area (Å²) in [6.07, 6.45) is 8.29. The van der Waals surface area contributed by atoms with E-state index in [0.29, 0.717) is 0 Å². The van der Waals surface area contributed by atoms with Gasteiger partial charge in [0.25, 0.3) is 0 Å². The average molecular weight is 553 g/mol. The van der Waals surface area contributed by atoms with Gasteiger partial charge in [0.05, 0.1) is 11.0 Å². The molecule has 0 unspecified atom stereocenters. The Morgan fingerprint density at radius 1 is 0.628 bits per heavy atom. The summed E-state index contributed by atoms with van der Waals surface area (Å²) in [5.74, 6) is 0. The average Bonchev–Trinajstić information content (AvgIpc) is 3.39. The quantitative estimate of drug-likeness (QED) is 0.179. The molecule has 2 nitrogen and oxygen atoms in total. The van der Waals surface area contributed by atoms with Crippen LogP contribution in [0.3, 0.4) is 0 Å².